The molecule has 0 atom stereocenters. The van der Waals surface area contributed by atoms with Crippen LogP contribution in [0.15, 0.2) is 36.4 Å². The molecule has 0 bridgehead atoms. The van der Waals surface area contributed by atoms with E-state index >= 15 is 0 Å². The third-order valence-corrected chi connectivity index (χ3v) is 3.79. The summed E-state index contributed by atoms with van der Waals surface area (Å²) in [6, 6.07) is 8.65. The lowest BCUT2D eigenvalue weighted by Crippen LogP contribution is -2.28. The Morgan fingerprint density at radius 1 is 1.15 bits per heavy atom. The quantitative estimate of drug-likeness (QED) is 0.816. The highest BCUT2D eigenvalue weighted by atomic mass is 35.5. The lowest BCUT2D eigenvalue weighted by Gasteiger charge is -2.20. The van der Waals surface area contributed by atoms with Gasteiger partial charge in [0.25, 0.3) is 0 Å². The Balaban J connectivity index is 1.56. The zero-order valence-electron chi connectivity index (χ0n) is 13.4. The summed E-state index contributed by atoms with van der Waals surface area (Å²) in [5, 5.41) is 5.59. The highest BCUT2D eigenvalue weighted by Crippen LogP contribution is 2.37. The van der Waals surface area contributed by atoms with Gasteiger partial charge in [-0.15, -0.1) is 0 Å². The highest BCUT2D eigenvalue weighted by Gasteiger charge is 2.16. The number of hydrogen-bond donors (Lipinski definition) is 2. The zero-order valence-corrected chi connectivity index (χ0v) is 14.2. The molecule has 9 heteroatoms. The number of fused-ring (bicyclic) bond motifs is 1. The molecule has 0 fully saturated rings. The summed E-state index contributed by atoms with van der Waals surface area (Å²) in [5.41, 5.74) is 1.10. The van der Waals surface area contributed by atoms with E-state index in [-0.39, 0.29) is 12.3 Å². The van der Waals surface area contributed by atoms with Crippen LogP contribution in [-0.2, 0) is 6.54 Å². The number of rotatable bonds is 5. The summed E-state index contributed by atoms with van der Waals surface area (Å²) in [6.45, 7) is -1.81. The van der Waals surface area contributed by atoms with Crippen molar-refractivity contribution in [2.75, 3.05) is 18.5 Å². The van der Waals surface area contributed by atoms with Crippen molar-refractivity contribution in [3.8, 4) is 17.2 Å². The second kappa shape index (κ2) is 8.09. The van der Waals surface area contributed by atoms with E-state index in [1.807, 2.05) is 0 Å². The van der Waals surface area contributed by atoms with Crippen LogP contribution in [0.3, 0.4) is 0 Å². The monoisotopic (exact) mass is 384 g/mol. The van der Waals surface area contributed by atoms with Gasteiger partial charge in [0.1, 0.15) is 19.0 Å². The average Bonchev–Trinajstić information content (AvgIpc) is 2.61. The van der Waals surface area contributed by atoms with Gasteiger partial charge in [-0.1, -0.05) is 23.7 Å². The maximum absolute atomic E-state index is 12.1. The first-order valence-corrected chi connectivity index (χ1v) is 8.07. The van der Waals surface area contributed by atoms with Crippen LogP contribution in [0.5, 0.6) is 17.2 Å². The van der Waals surface area contributed by atoms with Gasteiger partial charge in [-0.25, -0.2) is 4.79 Å². The predicted molar refractivity (Wildman–Crippen MR) is 91.4 cm³/mol. The number of nitrogens with one attached hydrogen (secondary N) is 2. The molecule has 0 saturated heterocycles. The molecule has 6 nitrogen and oxygen atoms in total. The maximum atomic E-state index is 12.1. The minimum absolute atomic E-state index is 0.0521. The Hall–Kier alpha value is -2.74. The van der Waals surface area contributed by atoms with Crippen LogP contribution in [0.4, 0.5) is 19.3 Å². The second-order valence-electron chi connectivity index (χ2n) is 5.31. The number of ether oxygens (including phenoxy) is 3. The molecule has 0 spiro atoms. The Kier molecular flexibility index (Phi) is 5.62. The smallest absolute Gasteiger partial charge is 0.387 e. The number of amides is 2. The third-order valence-electron chi connectivity index (χ3n) is 3.48. The molecule has 0 aromatic heterocycles. The normalized spacial score (nSPS) is 12.6. The number of urea groups is 1. The molecule has 1 aliphatic heterocycles. The van der Waals surface area contributed by atoms with E-state index in [4.69, 9.17) is 21.1 Å². The van der Waals surface area contributed by atoms with Crippen LogP contribution in [-0.4, -0.2) is 25.9 Å². The number of halogens is 3. The molecule has 2 aromatic rings. The lowest BCUT2D eigenvalue weighted by molar-refractivity contribution is -0.0498. The van der Waals surface area contributed by atoms with E-state index in [0.29, 0.717) is 35.4 Å². The molecule has 2 aromatic carbocycles. The molecular formula is C17H15ClF2N2O4. The van der Waals surface area contributed by atoms with Crippen LogP contribution in [0, 0.1) is 0 Å². The second-order valence-corrected chi connectivity index (χ2v) is 5.71. The molecule has 1 aliphatic rings. The summed E-state index contributed by atoms with van der Waals surface area (Å²) in [6.07, 6.45) is 0. The van der Waals surface area contributed by atoms with Crippen molar-refractivity contribution < 1.29 is 27.8 Å². The number of benzene rings is 2. The van der Waals surface area contributed by atoms with Crippen LogP contribution in [0.2, 0.25) is 5.02 Å². The summed E-state index contributed by atoms with van der Waals surface area (Å²) in [7, 11) is 0. The minimum Gasteiger partial charge on any atom is -0.486 e. The molecule has 0 radical (unpaired) electrons. The van der Waals surface area contributed by atoms with Crippen molar-refractivity contribution in [3.63, 3.8) is 0 Å². The Labute approximate surface area is 153 Å². The minimum atomic E-state index is -2.87. The fourth-order valence-corrected chi connectivity index (χ4v) is 2.50. The highest BCUT2D eigenvalue weighted by molar-refractivity contribution is 6.34. The van der Waals surface area contributed by atoms with Crippen LogP contribution < -0.4 is 24.8 Å². The lowest BCUT2D eigenvalue weighted by atomic mass is 10.2. The van der Waals surface area contributed by atoms with Gasteiger partial charge >= 0.3 is 12.6 Å². The summed E-state index contributed by atoms with van der Waals surface area (Å²) >= 11 is 6.13. The van der Waals surface area contributed by atoms with Crippen molar-refractivity contribution in [3.05, 3.63) is 47.0 Å². The fraction of sp³-hybridized carbons (Fsp3) is 0.235. The molecule has 0 aliphatic carbocycles. The van der Waals surface area contributed by atoms with Gasteiger partial charge in [0.15, 0.2) is 11.5 Å². The van der Waals surface area contributed by atoms with Gasteiger partial charge < -0.3 is 24.8 Å². The van der Waals surface area contributed by atoms with Crippen LogP contribution in [0.1, 0.15) is 5.56 Å². The molecule has 1 heterocycles. The average molecular weight is 385 g/mol. The number of hydrogen-bond acceptors (Lipinski definition) is 4. The Bertz CT molecular complexity index is 787. The SMILES string of the molecule is O=C(NCc1ccc(OC(F)F)cc1)Nc1cc2c(cc1Cl)OCCO2. The molecule has 0 saturated carbocycles. The van der Waals surface area contributed by atoms with Crippen molar-refractivity contribution in [2.24, 2.45) is 0 Å². The molecule has 0 unspecified atom stereocenters. The Morgan fingerprint density at radius 2 is 1.81 bits per heavy atom. The van der Waals surface area contributed by atoms with E-state index in [2.05, 4.69) is 15.4 Å². The fourth-order valence-electron chi connectivity index (χ4n) is 2.30. The van der Waals surface area contributed by atoms with Gasteiger partial charge in [-0.05, 0) is 17.7 Å². The summed E-state index contributed by atoms with van der Waals surface area (Å²) in [4.78, 5) is 12.0. The topological polar surface area (TPSA) is 68.8 Å². The molecular weight excluding hydrogens is 370 g/mol. The predicted octanol–water partition coefficient (Wildman–Crippen LogP) is 4.03. The molecule has 3 rings (SSSR count). The van der Waals surface area contributed by atoms with Gasteiger partial charge in [0, 0.05) is 18.7 Å². The van der Waals surface area contributed by atoms with E-state index in [1.165, 1.54) is 12.1 Å². The van der Waals surface area contributed by atoms with Gasteiger partial charge in [0.2, 0.25) is 0 Å². The largest absolute Gasteiger partial charge is 0.486 e. The standard InChI is InChI=1S/C17H15ClF2N2O4/c18-12-7-14-15(25-6-5-24-14)8-13(12)22-17(23)21-9-10-1-3-11(4-2-10)26-16(19)20/h1-4,7-8,16H,5-6,9H2,(H2,21,22,23). The molecule has 2 N–H and O–H groups in total. The first kappa shape index (κ1) is 18.1. The number of carbonyl (C=O) groups excluding carboxylic acids is 1. The van der Waals surface area contributed by atoms with E-state index in [1.54, 1.807) is 24.3 Å². The van der Waals surface area contributed by atoms with Gasteiger partial charge in [-0.2, -0.15) is 8.78 Å². The number of alkyl halides is 2. The van der Waals surface area contributed by atoms with Crippen LogP contribution >= 0.6 is 11.6 Å². The summed E-state index contributed by atoms with van der Waals surface area (Å²) in [5.74, 6) is 1.08. The third kappa shape index (κ3) is 4.66. The van der Waals surface area contributed by atoms with E-state index < -0.39 is 12.6 Å². The van der Waals surface area contributed by atoms with Crippen molar-refractivity contribution in [1.82, 2.24) is 5.32 Å². The Morgan fingerprint density at radius 3 is 2.46 bits per heavy atom. The molecule has 26 heavy (non-hydrogen) atoms. The molecule has 2 amide bonds. The zero-order chi connectivity index (χ0) is 18.5. The van der Waals surface area contributed by atoms with E-state index in [0.717, 1.165) is 5.56 Å². The number of anilines is 1. The molecule has 138 valence electrons. The van der Waals surface area contributed by atoms with Gasteiger partial charge in [-0.3, -0.25) is 0 Å². The van der Waals surface area contributed by atoms with E-state index in [9.17, 15) is 13.6 Å². The van der Waals surface area contributed by atoms with Crippen molar-refractivity contribution >= 4 is 23.3 Å². The summed E-state index contributed by atoms with van der Waals surface area (Å²) < 4.78 is 39.3. The first-order chi connectivity index (χ1) is 12.5. The number of carbonyl (C=O) groups is 1. The maximum Gasteiger partial charge on any atom is 0.387 e. The van der Waals surface area contributed by atoms with Crippen molar-refractivity contribution in [2.45, 2.75) is 13.2 Å². The van der Waals surface area contributed by atoms with Crippen LogP contribution in [0.25, 0.3) is 0 Å². The van der Waals surface area contributed by atoms with Crippen molar-refractivity contribution in [1.29, 1.82) is 0 Å². The van der Waals surface area contributed by atoms with Gasteiger partial charge in [0.05, 0.1) is 10.7 Å². The first-order valence-electron chi connectivity index (χ1n) is 7.69.